The molecule has 136 valence electrons. The van der Waals surface area contributed by atoms with E-state index in [1.165, 1.54) is 4.90 Å². The average molecular weight is 375 g/mol. The Morgan fingerprint density at radius 2 is 1.48 bits per heavy atom. The third-order valence-electron chi connectivity index (χ3n) is 4.37. The Bertz CT molecular complexity index is 931. The van der Waals surface area contributed by atoms with Gasteiger partial charge in [-0.2, -0.15) is 0 Å². The van der Waals surface area contributed by atoms with Crippen LogP contribution in [-0.4, -0.2) is 18.6 Å². The Morgan fingerprint density at radius 3 is 2.15 bits per heavy atom. The molecule has 0 spiro atoms. The third kappa shape index (κ3) is 4.89. The molecule has 3 aromatic carbocycles. The van der Waals surface area contributed by atoms with E-state index in [2.05, 4.69) is 12.1 Å². The van der Waals surface area contributed by atoms with Gasteiger partial charge >= 0.3 is 0 Å². The van der Waals surface area contributed by atoms with Crippen molar-refractivity contribution in [1.29, 1.82) is 0 Å². The van der Waals surface area contributed by atoms with Crippen molar-refractivity contribution < 1.29 is 9.53 Å². The molecule has 3 rings (SSSR count). The summed E-state index contributed by atoms with van der Waals surface area (Å²) < 4.78 is 5.38. The summed E-state index contributed by atoms with van der Waals surface area (Å²) in [4.78, 5) is 14.2. The largest absolute Gasteiger partial charge is 0.497 e. The number of methoxy groups -OCH3 is 1. The molecule has 0 aliphatic heterocycles. The highest BCUT2D eigenvalue weighted by Gasteiger charge is 2.15. The van der Waals surface area contributed by atoms with Crippen LogP contribution in [0.25, 0.3) is 5.57 Å². The van der Waals surface area contributed by atoms with Crippen LogP contribution < -0.4 is 4.74 Å². The van der Waals surface area contributed by atoms with E-state index in [9.17, 15) is 4.79 Å². The topological polar surface area (TPSA) is 26.3 Å². The lowest BCUT2D eigenvalue weighted by molar-refractivity contribution is 0.103. The zero-order valence-corrected chi connectivity index (χ0v) is 16.3. The SMILES string of the molecule is COc1cccc(/C(CSc2ccccc2)=C(/C)C(=O)c2ccccc2)c1. The minimum atomic E-state index is 0.0575. The van der Waals surface area contributed by atoms with Gasteiger partial charge in [0.05, 0.1) is 7.11 Å². The zero-order valence-electron chi connectivity index (χ0n) is 15.5. The maximum atomic E-state index is 13.0. The number of benzene rings is 3. The van der Waals surface area contributed by atoms with Crippen LogP contribution >= 0.6 is 11.8 Å². The molecule has 0 aliphatic carbocycles. The van der Waals surface area contributed by atoms with Crippen LogP contribution in [0.15, 0.2) is 95.4 Å². The van der Waals surface area contributed by atoms with Crippen LogP contribution in [0.2, 0.25) is 0 Å². The van der Waals surface area contributed by atoms with Crippen molar-refractivity contribution in [2.75, 3.05) is 12.9 Å². The van der Waals surface area contributed by atoms with Crippen LogP contribution in [0.4, 0.5) is 0 Å². The molecule has 0 N–H and O–H groups in total. The molecular formula is C24H22O2S. The van der Waals surface area contributed by atoms with Gasteiger partial charge in [0.2, 0.25) is 0 Å². The monoisotopic (exact) mass is 374 g/mol. The summed E-state index contributed by atoms with van der Waals surface area (Å²) in [5, 5.41) is 0. The number of hydrogen-bond acceptors (Lipinski definition) is 3. The molecule has 0 heterocycles. The second-order valence-electron chi connectivity index (χ2n) is 6.13. The minimum Gasteiger partial charge on any atom is -0.497 e. The first-order chi connectivity index (χ1) is 13.2. The van der Waals surface area contributed by atoms with E-state index in [0.717, 1.165) is 22.5 Å². The van der Waals surface area contributed by atoms with Crippen LogP contribution in [-0.2, 0) is 0 Å². The number of carbonyl (C=O) groups excluding carboxylic acids is 1. The smallest absolute Gasteiger partial charge is 0.189 e. The Balaban J connectivity index is 1.98. The van der Waals surface area contributed by atoms with Gasteiger partial charge in [0.15, 0.2) is 5.78 Å². The molecule has 2 nitrogen and oxygen atoms in total. The number of ether oxygens (including phenoxy) is 1. The van der Waals surface area contributed by atoms with Crippen LogP contribution in [0.3, 0.4) is 0 Å². The van der Waals surface area contributed by atoms with E-state index >= 15 is 0 Å². The second kappa shape index (κ2) is 9.24. The molecule has 0 saturated carbocycles. The fourth-order valence-electron chi connectivity index (χ4n) is 2.83. The first-order valence-electron chi connectivity index (χ1n) is 8.81. The van der Waals surface area contributed by atoms with E-state index in [-0.39, 0.29) is 5.78 Å². The Labute approximate surface area is 164 Å². The highest BCUT2D eigenvalue weighted by atomic mass is 32.2. The van der Waals surface area contributed by atoms with Crippen LogP contribution in [0.1, 0.15) is 22.8 Å². The summed E-state index contributed by atoms with van der Waals surface area (Å²) >= 11 is 1.73. The molecule has 27 heavy (non-hydrogen) atoms. The van der Waals surface area contributed by atoms with Crippen LogP contribution in [0, 0.1) is 0 Å². The Kier molecular flexibility index (Phi) is 6.50. The van der Waals surface area contributed by atoms with E-state index < -0.39 is 0 Å². The lowest BCUT2D eigenvalue weighted by Crippen LogP contribution is -2.05. The van der Waals surface area contributed by atoms with Gasteiger partial charge in [-0.3, -0.25) is 4.79 Å². The standard InChI is InChI=1S/C24H22O2S/c1-18(24(25)19-10-5-3-6-11-19)23(17-27-22-14-7-4-8-15-22)20-12-9-13-21(16-20)26-2/h3-16H,17H2,1-2H3/b23-18-. The fourth-order valence-corrected chi connectivity index (χ4v) is 3.88. The molecule has 0 fully saturated rings. The van der Waals surface area contributed by atoms with Gasteiger partial charge < -0.3 is 4.74 Å². The van der Waals surface area contributed by atoms with E-state index in [1.54, 1.807) is 18.9 Å². The van der Waals surface area contributed by atoms with Gasteiger partial charge in [0.25, 0.3) is 0 Å². The molecule has 0 aliphatic rings. The lowest BCUT2D eigenvalue weighted by atomic mass is 9.96. The summed E-state index contributed by atoms with van der Waals surface area (Å²) in [6.07, 6.45) is 0. The summed E-state index contributed by atoms with van der Waals surface area (Å²) in [6, 6.07) is 27.6. The summed E-state index contributed by atoms with van der Waals surface area (Å²) in [7, 11) is 1.66. The van der Waals surface area contributed by atoms with E-state index in [1.807, 2.05) is 79.7 Å². The quantitative estimate of drug-likeness (QED) is 0.282. The molecule has 0 amide bonds. The van der Waals surface area contributed by atoms with Crippen molar-refractivity contribution >= 4 is 23.1 Å². The Morgan fingerprint density at radius 1 is 0.852 bits per heavy atom. The number of hydrogen-bond donors (Lipinski definition) is 0. The van der Waals surface area contributed by atoms with Crippen molar-refractivity contribution in [3.63, 3.8) is 0 Å². The molecule has 3 aromatic rings. The van der Waals surface area contributed by atoms with Gasteiger partial charge in [0, 0.05) is 21.8 Å². The molecular weight excluding hydrogens is 352 g/mol. The molecule has 0 saturated heterocycles. The predicted molar refractivity (Wildman–Crippen MR) is 114 cm³/mol. The highest BCUT2D eigenvalue weighted by molar-refractivity contribution is 7.99. The van der Waals surface area contributed by atoms with E-state index in [0.29, 0.717) is 11.3 Å². The Hall–Kier alpha value is -2.78. The van der Waals surface area contributed by atoms with Crippen molar-refractivity contribution in [3.8, 4) is 5.75 Å². The molecule has 0 aromatic heterocycles. The maximum Gasteiger partial charge on any atom is 0.189 e. The highest BCUT2D eigenvalue weighted by Crippen LogP contribution is 2.30. The summed E-state index contributed by atoms with van der Waals surface area (Å²) in [5.74, 6) is 1.55. The maximum absolute atomic E-state index is 13.0. The number of thioether (sulfide) groups is 1. The van der Waals surface area contributed by atoms with Gasteiger partial charge in [0.1, 0.15) is 5.75 Å². The predicted octanol–water partition coefficient (Wildman–Crippen LogP) is 6.14. The van der Waals surface area contributed by atoms with Crippen molar-refractivity contribution in [1.82, 2.24) is 0 Å². The second-order valence-corrected chi connectivity index (χ2v) is 7.18. The number of rotatable bonds is 7. The first kappa shape index (κ1) is 19.0. The third-order valence-corrected chi connectivity index (χ3v) is 5.41. The van der Waals surface area contributed by atoms with Crippen LogP contribution in [0.5, 0.6) is 5.75 Å². The number of allylic oxidation sites excluding steroid dienone is 1. The zero-order chi connectivity index (χ0) is 19.1. The van der Waals surface area contributed by atoms with Gasteiger partial charge in [-0.1, -0.05) is 60.7 Å². The van der Waals surface area contributed by atoms with Gasteiger partial charge in [-0.25, -0.2) is 0 Å². The number of carbonyl (C=O) groups is 1. The lowest BCUT2D eigenvalue weighted by Gasteiger charge is -2.14. The summed E-state index contributed by atoms with van der Waals surface area (Å²) in [5.41, 5.74) is 3.51. The molecule has 0 unspecified atom stereocenters. The molecule has 3 heteroatoms. The minimum absolute atomic E-state index is 0.0575. The molecule has 0 atom stereocenters. The first-order valence-corrected chi connectivity index (χ1v) is 9.79. The van der Waals surface area contributed by atoms with E-state index in [4.69, 9.17) is 4.74 Å². The normalized spacial score (nSPS) is 11.6. The molecule has 0 radical (unpaired) electrons. The van der Waals surface area contributed by atoms with Crippen molar-refractivity contribution in [2.45, 2.75) is 11.8 Å². The van der Waals surface area contributed by atoms with Gasteiger partial charge in [-0.15, -0.1) is 11.8 Å². The summed E-state index contributed by atoms with van der Waals surface area (Å²) in [6.45, 7) is 1.91. The molecule has 0 bridgehead atoms. The van der Waals surface area contributed by atoms with Crippen molar-refractivity contribution in [3.05, 3.63) is 102 Å². The number of Topliss-reactive ketones (excluding diaryl/α,β-unsaturated/α-hetero) is 1. The fraction of sp³-hybridized carbons (Fsp3) is 0.125. The average Bonchev–Trinajstić information content (AvgIpc) is 2.74. The van der Waals surface area contributed by atoms with Crippen molar-refractivity contribution in [2.24, 2.45) is 0 Å². The van der Waals surface area contributed by atoms with Gasteiger partial charge in [-0.05, 0) is 42.3 Å². The number of ketones is 1.